The summed E-state index contributed by atoms with van der Waals surface area (Å²) in [5.74, 6) is 0. The average molecular weight is 204 g/mol. The summed E-state index contributed by atoms with van der Waals surface area (Å²) in [6.45, 7) is 3.23. The topological polar surface area (TPSA) is 12.5 Å². The highest BCUT2D eigenvalue weighted by atomic mass is 16.6. The molecule has 0 amide bonds. The lowest BCUT2D eigenvalue weighted by atomic mass is 9.95. The van der Waals surface area contributed by atoms with Gasteiger partial charge in [-0.05, 0) is 24.8 Å². The molecule has 0 saturated carbocycles. The second kappa shape index (κ2) is 4.80. The van der Waals surface area contributed by atoms with Crippen LogP contribution >= 0.6 is 0 Å². The number of hydrogen-bond acceptors (Lipinski definition) is 1. The minimum absolute atomic E-state index is 0.256. The summed E-state index contributed by atoms with van der Waals surface area (Å²) in [4.78, 5) is 0. The van der Waals surface area contributed by atoms with Gasteiger partial charge in [0.15, 0.2) is 0 Å². The van der Waals surface area contributed by atoms with Crippen LogP contribution in [0.3, 0.4) is 0 Å². The molecule has 2 rings (SSSR count). The maximum Gasteiger partial charge on any atom is 0.0919 e. The summed E-state index contributed by atoms with van der Waals surface area (Å²) in [5, 5.41) is 0. The molecule has 15 heavy (non-hydrogen) atoms. The normalized spacial score (nSPS) is 24.1. The summed E-state index contributed by atoms with van der Waals surface area (Å²) in [6.07, 6.45) is 6.17. The highest BCUT2D eigenvalue weighted by Gasteiger charge is 2.42. The SMILES string of the molecule is CCCCC1(CCc2ccccc2)CO1. The van der Waals surface area contributed by atoms with E-state index in [-0.39, 0.29) is 5.60 Å². The predicted molar refractivity (Wildman–Crippen MR) is 63.0 cm³/mol. The van der Waals surface area contributed by atoms with Gasteiger partial charge in [0.25, 0.3) is 0 Å². The summed E-state index contributed by atoms with van der Waals surface area (Å²) in [5.41, 5.74) is 1.69. The lowest BCUT2D eigenvalue weighted by molar-refractivity contribution is 0.269. The Morgan fingerprint density at radius 1 is 1.20 bits per heavy atom. The Hall–Kier alpha value is -0.820. The van der Waals surface area contributed by atoms with Crippen molar-refractivity contribution in [2.24, 2.45) is 0 Å². The predicted octanol–water partition coefficient (Wildman–Crippen LogP) is 3.58. The molecule has 1 aromatic carbocycles. The van der Waals surface area contributed by atoms with E-state index in [2.05, 4.69) is 37.3 Å². The molecule has 1 aliphatic heterocycles. The molecule has 1 aliphatic rings. The third kappa shape index (κ3) is 3.07. The second-order valence-corrected chi connectivity index (χ2v) is 4.56. The molecule has 1 nitrogen and oxygen atoms in total. The summed E-state index contributed by atoms with van der Waals surface area (Å²) < 4.78 is 5.62. The van der Waals surface area contributed by atoms with E-state index in [9.17, 15) is 0 Å². The molecule has 1 atom stereocenters. The monoisotopic (exact) mass is 204 g/mol. The Morgan fingerprint density at radius 2 is 1.93 bits per heavy atom. The third-order valence-electron chi connectivity index (χ3n) is 3.25. The van der Waals surface area contributed by atoms with Crippen LogP contribution in [0.25, 0.3) is 0 Å². The fourth-order valence-corrected chi connectivity index (χ4v) is 2.03. The fourth-order valence-electron chi connectivity index (χ4n) is 2.03. The van der Waals surface area contributed by atoms with E-state index in [1.54, 1.807) is 0 Å². The molecule has 0 N–H and O–H groups in total. The number of benzene rings is 1. The Labute approximate surface area is 92.5 Å². The van der Waals surface area contributed by atoms with Crippen LogP contribution in [0.1, 0.15) is 38.2 Å². The van der Waals surface area contributed by atoms with Crippen LogP contribution < -0.4 is 0 Å². The van der Waals surface area contributed by atoms with Crippen molar-refractivity contribution >= 4 is 0 Å². The summed E-state index contributed by atoms with van der Waals surface area (Å²) in [7, 11) is 0. The van der Waals surface area contributed by atoms with Gasteiger partial charge in [0.2, 0.25) is 0 Å². The van der Waals surface area contributed by atoms with E-state index in [0.717, 1.165) is 13.0 Å². The number of hydrogen-bond donors (Lipinski definition) is 0. The van der Waals surface area contributed by atoms with Crippen LogP contribution in [0.5, 0.6) is 0 Å². The lowest BCUT2D eigenvalue weighted by Crippen LogP contribution is -2.12. The molecule has 0 spiro atoms. The first-order valence-corrected chi connectivity index (χ1v) is 6.02. The lowest BCUT2D eigenvalue weighted by Gasteiger charge is -2.10. The molecule has 1 saturated heterocycles. The van der Waals surface area contributed by atoms with Crippen molar-refractivity contribution in [3.05, 3.63) is 35.9 Å². The molecule has 0 radical (unpaired) electrons. The van der Waals surface area contributed by atoms with Crippen molar-refractivity contribution < 1.29 is 4.74 Å². The molecular formula is C14H20O. The van der Waals surface area contributed by atoms with Gasteiger partial charge in [0.05, 0.1) is 12.2 Å². The highest BCUT2D eigenvalue weighted by molar-refractivity contribution is 5.15. The highest BCUT2D eigenvalue weighted by Crippen LogP contribution is 2.37. The minimum atomic E-state index is 0.256. The van der Waals surface area contributed by atoms with Crippen molar-refractivity contribution in [1.29, 1.82) is 0 Å². The number of unbranched alkanes of at least 4 members (excludes halogenated alkanes) is 1. The van der Waals surface area contributed by atoms with Crippen molar-refractivity contribution in [3.8, 4) is 0 Å². The molecule has 0 bridgehead atoms. The minimum Gasteiger partial charge on any atom is -0.370 e. The second-order valence-electron chi connectivity index (χ2n) is 4.56. The number of epoxide rings is 1. The van der Waals surface area contributed by atoms with E-state index in [4.69, 9.17) is 4.74 Å². The van der Waals surface area contributed by atoms with Crippen LogP contribution in [-0.4, -0.2) is 12.2 Å². The van der Waals surface area contributed by atoms with Gasteiger partial charge in [-0.25, -0.2) is 0 Å². The Balaban J connectivity index is 1.78. The van der Waals surface area contributed by atoms with Crippen molar-refractivity contribution in [2.45, 2.75) is 44.6 Å². The van der Waals surface area contributed by atoms with Crippen LogP contribution in [-0.2, 0) is 11.2 Å². The third-order valence-corrected chi connectivity index (χ3v) is 3.25. The first-order valence-electron chi connectivity index (χ1n) is 6.02. The average Bonchev–Trinajstić information content (AvgIpc) is 3.06. The standard InChI is InChI=1S/C14H20O/c1-2-3-10-14(12-15-14)11-9-13-7-5-4-6-8-13/h4-8H,2-3,9-12H2,1H3. The maximum atomic E-state index is 5.62. The van der Waals surface area contributed by atoms with E-state index in [1.165, 1.54) is 31.2 Å². The van der Waals surface area contributed by atoms with Crippen LogP contribution in [0.4, 0.5) is 0 Å². The molecule has 0 aliphatic carbocycles. The zero-order chi connectivity index (χ0) is 10.6. The Kier molecular flexibility index (Phi) is 3.42. The van der Waals surface area contributed by atoms with Crippen molar-refractivity contribution in [1.82, 2.24) is 0 Å². The Bertz CT molecular complexity index is 287. The molecule has 1 unspecified atom stereocenters. The summed E-state index contributed by atoms with van der Waals surface area (Å²) >= 11 is 0. The molecule has 1 fully saturated rings. The smallest absolute Gasteiger partial charge is 0.0919 e. The fraction of sp³-hybridized carbons (Fsp3) is 0.571. The van der Waals surface area contributed by atoms with Gasteiger partial charge >= 0.3 is 0 Å². The van der Waals surface area contributed by atoms with E-state index >= 15 is 0 Å². The zero-order valence-electron chi connectivity index (χ0n) is 9.54. The van der Waals surface area contributed by atoms with Gasteiger partial charge in [-0.15, -0.1) is 0 Å². The molecule has 1 heteroatoms. The van der Waals surface area contributed by atoms with E-state index in [0.29, 0.717) is 0 Å². The van der Waals surface area contributed by atoms with Gasteiger partial charge < -0.3 is 4.74 Å². The van der Waals surface area contributed by atoms with E-state index < -0.39 is 0 Å². The van der Waals surface area contributed by atoms with Crippen LogP contribution in [0.15, 0.2) is 30.3 Å². The Morgan fingerprint density at radius 3 is 2.53 bits per heavy atom. The van der Waals surface area contributed by atoms with Gasteiger partial charge in [-0.2, -0.15) is 0 Å². The molecular weight excluding hydrogens is 184 g/mol. The number of rotatable bonds is 6. The van der Waals surface area contributed by atoms with Gasteiger partial charge in [0, 0.05) is 0 Å². The number of ether oxygens (including phenoxy) is 1. The van der Waals surface area contributed by atoms with Gasteiger partial charge in [0.1, 0.15) is 0 Å². The van der Waals surface area contributed by atoms with E-state index in [1.807, 2.05) is 0 Å². The zero-order valence-corrected chi connectivity index (χ0v) is 9.54. The molecule has 1 aromatic rings. The van der Waals surface area contributed by atoms with Crippen LogP contribution in [0.2, 0.25) is 0 Å². The van der Waals surface area contributed by atoms with Crippen molar-refractivity contribution in [3.63, 3.8) is 0 Å². The maximum absolute atomic E-state index is 5.62. The van der Waals surface area contributed by atoms with Crippen molar-refractivity contribution in [2.75, 3.05) is 6.61 Å². The molecule has 1 heterocycles. The number of aryl methyl sites for hydroxylation is 1. The van der Waals surface area contributed by atoms with Crippen LogP contribution in [0, 0.1) is 0 Å². The first-order chi connectivity index (χ1) is 7.35. The summed E-state index contributed by atoms with van der Waals surface area (Å²) in [6, 6.07) is 10.7. The first kappa shape index (κ1) is 10.7. The van der Waals surface area contributed by atoms with Gasteiger partial charge in [-0.3, -0.25) is 0 Å². The quantitative estimate of drug-likeness (QED) is 0.645. The van der Waals surface area contributed by atoms with Gasteiger partial charge in [-0.1, -0.05) is 50.1 Å². The molecule has 82 valence electrons. The largest absolute Gasteiger partial charge is 0.370 e. The molecule has 0 aromatic heterocycles.